The Hall–Kier alpha value is 5.09. The zero-order chi connectivity index (χ0) is 0. The third kappa shape index (κ3) is 23.0. The summed E-state index contributed by atoms with van der Waals surface area (Å²) in [5, 5.41) is 0. The molecular formula is H7CaI3PbTi. The van der Waals surface area contributed by atoms with Crippen molar-refractivity contribution in [1.82, 2.24) is 0 Å². The van der Waals surface area contributed by atoms with Gasteiger partial charge >= 0.3 is 65.0 Å². The van der Waals surface area contributed by atoms with Crippen molar-refractivity contribution in [2.24, 2.45) is 0 Å². The molecule has 0 saturated carbocycles. The van der Waals surface area contributed by atoms with Crippen molar-refractivity contribution in [1.29, 1.82) is 0 Å². The van der Waals surface area contributed by atoms with E-state index >= 15 is 0 Å². The normalized spacial score (nSPS) is 0. The van der Waals surface area contributed by atoms with Crippen LogP contribution in [0.5, 0.6) is 0 Å². The molecule has 0 aromatic heterocycles. The molecule has 6 heteroatoms. The standard InChI is InChI=1S/Ca.3HI.Pb.Ti.4H/h;3*1H;;;;;;. The van der Waals surface area contributed by atoms with E-state index in [9.17, 15) is 0 Å². The molecule has 0 heterocycles. The zero-order valence-corrected chi connectivity index (χ0v) is 16.5. The van der Waals surface area contributed by atoms with Crippen LogP contribution in [0.2, 0.25) is 0 Å². The Morgan fingerprint density at radius 2 is 0.667 bits per heavy atom. The summed E-state index contributed by atoms with van der Waals surface area (Å²) >= 11 is 0. The van der Waals surface area contributed by atoms with E-state index in [0.717, 1.165) is 0 Å². The summed E-state index contributed by atoms with van der Waals surface area (Å²) in [5.74, 6) is 0. The van der Waals surface area contributed by atoms with Crippen LogP contribution in [-0.2, 0) is 21.7 Å². The minimum atomic E-state index is 0. The van der Waals surface area contributed by atoms with Gasteiger partial charge < -0.3 is 0 Å². The van der Waals surface area contributed by atoms with Crippen molar-refractivity contribution in [3.63, 3.8) is 0 Å². The van der Waals surface area contributed by atoms with Gasteiger partial charge in [-0.05, 0) is 0 Å². The fourth-order valence-electron chi connectivity index (χ4n) is 0. The molecule has 0 unspecified atom stereocenters. The van der Waals surface area contributed by atoms with E-state index in [1.807, 2.05) is 0 Å². The largest absolute Gasteiger partial charge is 0 e. The first-order valence-corrected chi connectivity index (χ1v) is 0. The van der Waals surface area contributed by atoms with Gasteiger partial charge in [-0.1, -0.05) is 0 Å². The fraction of sp³-hybridized carbons (Fsp3) is 0. The second-order valence-corrected chi connectivity index (χ2v) is 0. The molecule has 0 atom stereocenters. The molecule has 0 nitrogen and oxygen atoms in total. The monoisotopic (exact) mass is 684 g/mol. The Labute approximate surface area is 154 Å². The molecule has 0 spiro atoms. The second-order valence-electron chi connectivity index (χ2n) is 0. The first-order chi connectivity index (χ1) is 0. The quantitative estimate of drug-likeness (QED) is 0.250. The average molecular weight is 683 g/mol. The molecule has 0 amide bonds. The van der Waals surface area contributed by atoms with E-state index in [0.29, 0.717) is 0 Å². The van der Waals surface area contributed by atoms with Crippen LogP contribution in [0.25, 0.3) is 0 Å². The molecule has 0 aliphatic heterocycles. The predicted molar refractivity (Wildman–Crippen MR) is 63.3 cm³/mol. The molecule has 0 rings (SSSR count). The van der Waals surface area contributed by atoms with Crippen LogP contribution in [0, 0.1) is 0 Å². The van der Waals surface area contributed by atoms with Crippen molar-refractivity contribution in [3.8, 4) is 0 Å². The second kappa shape index (κ2) is 32.2. The van der Waals surface area contributed by atoms with Gasteiger partial charge in [0.05, 0.1) is 0 Å². The van der Waals surface area contributed by atoms with Gasteiger partial charge in [-0.2, -0.15) is 0 Å². The Kier molecular flexibility index (Phi) is 234. The number of hydrogen-bond donors (Lipinski definition) is 0. The third-order valence-corrected chi connectivity index (χ3v) is 0. The maximum absolute atomic E-state index is 0. The maximum atomic E-state index is 0. The number of hydrogen-bond acceptors (Lipinski definition) is 0. The molecule has 0 fully saturated rings. The Balaban J connectivity index is 0. The predicted octanol–water partition coefficient (Wildman–Crippen LogP) is 0.0191. The number of halogens is 3. The summed E-state index contributed by atoms with van der Waals surface area (Å²) in [6, 6.07) is 0. The van der Waals surface area contributed by atoms with Crippen molar-refractivity contribution < 1.29 is 21.7 Å². The van der Waals surface area contributed by atoms with Crippen molar-refractivity contribution in [2.75, 3.05) is 0 Å². The molecule has 0 N–H and O–H groups in total. The SMILES string of the molecule is I.I.I.[CaH2].[PbH2].[Ti]. The van der Waals surface area contributed by atoms with E-state index in [2.05, 4.69) is 0 Å². The molecule has 0 aliphatic rings. The Morgan fingerprint density at radius 1 is 0.667 bits per heavy atom. The summed E-state index contributed by atoms with van der Waals surface area (Å²) in [6.07, 6.45) is 0. The molecule has 0 saturated heterocycles. The summed E-state index contributed by atoms with van der Waals surface area (Å²) < 4.78 is 0. The minimum absolute atomic E-state index is 0. The van der Waals surface area contributed by atoms with Gasteiger partial charge in [0.15, 0.2) is 0 Å². The first-order valence-electron chi connectivity index (χ1n) is 0. The van der Waals surface area contributed by atoms with Crippen molar-refractivity contribution >= 4 is 137 Å². The molecule has 6 heavy (non-hydrogen) atoms. The maximum Gasteiger partial charge on any atom is 0 e. The van der Waals surface area contributed by atoms with Crippen LogP contribution in [-0.4, -0.2) is 65.0 Å². The van der Waals surface area contributed by atoms with E-state index in [4.69, 9.17) is 0 Å². The minimum Gasteiger partial charge on any atom is 0 e. The summed E-state index contributed by atoms with van der Waals surface area (Å²) in [6.45, 7) is 0. The van der Waals surface area contributed by atoms with Crippen LogP contribution < -0.4 is 0 Å². The van der Waals surface area contributed by atoms with E-state index < -0.39 is 0 Å². The van der Waals surface area contributed by atoms with Gasteiger partial charge in [0.1, 0.15) is 0 Å². The van der Waals surface area contributed by atoms with Gasteiger partial charge in [-0.3, -0.25) is 0 Å². The van der Waals surface area contributed by atoms with Crippen molar-refractivity contribution in [3.05, 3.63) is 0 Å². The van der Waals surface area contributed by atoms with Gasteiger partial charge in [0.25, 0.3) is 0 Å². The summed E-state index contributed by atoms with van der Waals surface area (Å²) in [5.41, 5.74) is 0. The van der Waals surface area contributed by atoms with Gasteiger partial charge in [0, 0.05) is 21.7 Å². The van der Waals surface area contributed by atoms with Gasteiger partial charge in [0.2, 0.25) is 0 Å². The third-order valence-electron chi connectivity index (χ3n) is 0. The van der Waals surface area contributed by atoms with E-state index in [1.54, 1.807) is 0 Å². The van der Waals surface area contributed by atoms with E-state index in [1.165, 1.54) is 0 Å². The molecule has 38 valence electrons. The number of rotatable bonds is 0. The van der Waals surface area contributed by atoms with Crippen molar-refractivity contribution in [2.45, 2.75) is 0 Å². The van der Waals surface area contributed by atoms with Crippen LogP contribution in [0.3, 0.4) is 0 Å². The molecule has 0 aliphatic carbocycles. The van der Waals surface area contributed by atoms with Crippen LogP contribution >= 0.6 is 71.9 Å². The fourth-order valence-corrected chi connectivity index (χ4v) is 0. The molecular weight excluding hydrogens is 676 g/mol. The van der Waals surface area contributed by atoms with E-state index in [-0.39, 0.29) is 159 Å². The van der Waals surface area contributed by atoms with Crippen LogP contribution in [0.1, 0.15) is 0 Å². The zero-order valence-electron chi connectivity index (χ0n) is 2.43. The van der Waals surface area contributed by atoms with Crippen LogP contribution in [0.4, 0.5) is 0 Å². The smallest absolute Gasteiger partial charge is 0 e. The Morgan fingerprint density at radius 3 is 0.667 bits per heavy atom. The molecule has 0 aromatic rings. The molecule has 0 aromatic carbocycles. The summed E-state index contributed by atoms with van der Waals surface area (Å²) in [4.78, 5) is 0. The first kappa shape index (κ1) is 43.6. The van der Waals surface area contributed by atoms with Gasteiger partial charge in [-0.25, -0.2) is 0 Å². The van der Waals surface area contributed by atoms with Gasteiger partial charge in [-0.15, -0.1) is 71.9 Å². The summed E-state index contributed by atoms with van der Waals surface area (Å²) in [7, 11) is 0. The molecule has 0 bridgehead atoms. The molecule has 2 radical (unpaired) electrons. The topological polar surface area (TPSA) is 0 Å². The van der Waals surface area contributed by atoms with Crippen LogP contribution in [0.15, 0.2) is 0 Å². The Bertz CT molecular complexity index is 10.8. The average Bonchev–Trinajstić information content (AvgIpc) is 0.